The summed E-state index contributed by atoms with van der Waals surface area (Å²) in [5.41, 5.74) is 1.10. The smallest absolute Gasteiger partial charge is 0.162 e. The van der Waals surface area contributed by atoms with Crippen molar-refractivity contribution in [1.82, 2.24) is 4.98 Å². The fourth-order valence-corrected chi connectivity index (χ4v) is 2.67. The molecule has 0 unspecified atom stereocenters. The number of nitrogens with zero attached hydrogens (tertiary/aromatic N) is 1. The summed E-state index contributed by atoms with van der Waals surface area (Å²) >= 11 is 1.52. The molecule has 0 saturated heterocycles. The molecule has 0 N–H and O–H groups in total. The highest BCUT2D eigenvalue weighted by Crippen LogP contribution is 2.25. The van der Waals surface area contributed by atoms with Gasteiger partial charge in [0.2, 0.25) is 0 Å². The summed E-state index contributed by atoms with van der Waals surface area (Å²) in [6.07, 6.45) is 0. The molecule has 1 aromatic carbocycles. The van der Waals surface area contributed by atoms with Gasteiger partial charge in [0.15, 0.2) is 5.78 Å². The van der Waals surface area contributed by atoms with Gasteiger partial charge < -0.3 is 4.74 Å². The number of Topliss-reactive ketones (excluding diaryl/α,β-unsaturated/α-hetero) is 1. The first kappa shape index (κ1) is 15.6. The van der Waals surface area contributed by atoms with Crippen molar-refractivity contribution < 1.29 is 13.9 Å². The Hall–Kier alpha value is -1.75. The summed E-state index contributed by atoms with van der Waals surface area (Å²) in [5, 5.41) is 2.86. The Morgan fingerprint density at radius 1 is 1.38 bits per heavy atom. The molecule has 0 bridgehead atoms. The Kier molecular flexibility index (Phi) is 4.42. The second-order valence-corrected chi connectivity index (χ2v) is 6.81. The molecule has 2 rings (SSSR count). The molecule has 3 nitrogen and oxygen atoms in total. The first-order valence-electron chi connectivity index (χ1n) is 6.65. The summed E-state index contributed by atoms with van der Waals surface area (Å²) < 4.78 is 19.2. The lowest BCUT2D eigenvalue weighted by Crippen LogP contribution is -2.11. The number of rotatable bonds is 4. The van der Waals surface area contributed by atoms with Crippen molar-refractivity contribution in [1.29, 1.82) is 0 Å². The first-order valence-corrected chi connectivity index (χ1v) is 7.53. The van der Waals surface area contributed by atoms with Gasteiger partial charge in [-0.15, -0.1) is 11.3 Å². The third-order valence-corrected chi connectivity index (χ3v) is 3.82. The third-order valence-electron chi connectivity index (χ3n) is 3.00. The predicted octanol–water partition coefficient (Wildman–Crippen LogP) is 4.36. The molecule has 5 heteroatoms. The van der Waals surface area contributed by atoms with Gasteiger partial charge in [-0.05, 0) is 19.1 Å². The van der Waals surface area contributed by atoms with E-state index in [9.17, 15) is 9.18 Å². The van der Waals surface area contributed by atoms with Gasteiger partial charge in [0.1, 0.15) is 23.2 Å². The van der Waals surface area contributed by atoms with Gasteiger partial charge in [-0.3, -0.25) is 4.79 Å². The summed E-state index contributed by atoms with van der Waals surface area (Å²) in [6.45, 7) is 7.93. The summed E-state index contributed by atoms with van der Waals surface area (Å²) in [4.78, 5) is 15.7. The highest BCUT2D eigenvalue weighted by atomic mass is 32.1. The molecule has 0 aliphatic heterocycles. The van der Waals surface area contributed by atoms with Crippen LogP contribution in [0, 0.1) is 5.82 Å². The molecule has 0 aliphatic carbocycles. The number of ether oxygens (including phenoxy) is 1. The van der Waals surface area contributed by atoms with E-state index in [0.717, 1.165) is 10.7 Å². The zero-order valence-electron chi connectivity index (χ0n) is 12.6. The van der Waals surface area contributed by atoms with Gasteiger partial charge in [0, 0.05) is 16.9 Å². The first-order chi connectivity index (χ1) is 9.77. The molecule has 2 aromatic rings. The summed E-state index contributed by atoms with van der Waals surface area (Å²) in [5.74, 6) is -0.465. The van der Waals surface area contributed by atoms with Crippen LogP contribution in [0.2, 0.25) is 0 Å². The summed E-state index contributed by atoms with van der Waals surface area (Å²) in [6, 6.07) is 4.27. The Morgan fingerprint density at radius 2 is 2.10 bits per heavy atom. The molecular formula is C16H18FNO2S. The van der Waals surface area contributed by atoms with Crippen LogP contribution in [0.1, 0.15) is 48.8 Å². The molecule has 21 heavy (non-hydrogen) atoms. The van der Waals surface area contributed by atoms with Crippen LogP contribution in [0.25, 0.3) is 0 Å². The molecular weight excluding hydrogens is 289 g/mol. The fourth-order valence-electron chi connectivity index (χ4n) is 1.74. The molecule has 0 fully saturated rings. The normalized spacial score (nSPS) is 11.5. The molecule has 0 amide bonds. The second-order valence-electron chi connectivity index (χ2n) is 5.86. The van der Waals surface area contributed by atoms with Crippen LogP contribution in [-0.2, 0) is 12.0 Å². The standard InChI is InChI=1S/C16H18FNO2S/c1-10(19)12-6-5-11(7-13(12)17)20-8-15-18-14(9-21-15)16(2,3)4/h5-7,9H,8H2,1-4H3. The number of carbonyl (C=O) groups is 1. The molecule has 0 atom stereocenters. The number of hydrogen-bond acceptors (Lipinski definition) is 4. The van der Waals surface area contributed by atoms with Crippen LogP contribution in [0.15, 0.2) is 23.6 Å². The lowest BCUT2D eigenvalue weighted by molar-refractivity contribution is 0.101. The minimum Gasteiger partial charge on any atom is -0.486 e. The topological polar surface area (TPSA) is 39.2 Å². The van der Waals surface area contributed by atoms with Crippen LogP contribution >= 0.6 is 11.3 Å². The lowest BCUT2D eigenvalue weighted by Gasteiger charge is -2.14. The van der Waals surface area contributed by atoms with Crippen LogP contribution in [0.4, 0.5) is 4.39 Å². The van der Waals surface area contributed by atoms with Crippen molar-refractivity contribution in [2.45, 2.75) is 39.7 Å². The molecule has 1 aromatic heterocycles. The van der Waals surface area contributed by atoms with Gasteiger partial charge in [-0.25, -0.2) is 9.37 Å². The summed E-state index contributed by atoms with van der Waals surface area (Å²) in [7, 11) is 0. The Bertz CT molecular complexity index is 659. The third kappa shape index (κ3) is 3.88. The maximum absolute atomic E-state index is 13.7. The minimum absolute atomic E-state index is 0.00396. The van der Waals surface area contributed by atoms with E-state index in [1.54, 1.807) is 6.07 Å². The van der Waals surface area contributed by atoms with Crippen molar-refractivity contribution in [3.8, 4) is 5.75 Å². The highest BCUT2D eigenvalue weighted by Gasteiger charge is 2.17. The van der Waals surface area contributed by atoms with E-state index >= 15 is 0 Å². The quantitative estimate of drug-likeness (QED) is 0.788. The Balaban J connectivity index is 2.05. The van der Waals surface area contributed by atoms with Crippen LogP contribution in [-0.4, -0.2) is 10.8 Å². The van der Waals surface area contributed by atoms with E-state index in [0.29, 0.717) is 12.4 Å². The number of aromatic nitrogens is 1. The fraction of sp³-hybridized carbons (Fsp3) is 0.375. The maximum atomic E-state index is 13.7. The average molecular weight is 307 g/mol. The largest absolute Gasteiger partial charge is 0.486 e. The molecule has 0 aliphatic rings. The van der Waals surface area contributed by atoms with E-state index in [4.69, 9.17) is 4.74 Å². The number of thiazole rings is 1. The van der Waals surface area contributed by atoms with Gasteiger partial charge in [-0.2, -0.15) is 0 Å². The van der Waals surface area contributed by atoms with Gasteiger partial charge in [0.05, 0.1) is 11.3 Å². The van der Waals surface area contributed by atoms with Gasteiger partial charge in [0.25, 0.3) is 0 Å². The number of hydrogen-bond donors (Lipinski definition) is 0. The molecule has 0 radical (unpaired) electrons. The van der Waals surface area contributed by atoms with Crippen molar-refractivity contribution in [3.05, 3.63) is 45.7 Å². The molecule has 0 spiro atoms. The Morgan fingerprint density at radius 3 is 2.62 bits per heavy atom. The van der Waals surface area contributed by atoms with Gasteiger partial charge >= 0.3 is 0 Å². The van der Waals surface area contributed by atoms with Crippen molar-refractivity contribution in [3.63, 3.8) is 0 Å². The van der Waals surface area contributed by atoms with Crippen LogP contribution < -0.4 is 4.74 Å². The molecule has 1 heterocycles. The number of carbonyl (C=O) groups excluding carboxylic acids is 1. The van der Waals surface area contributed by atoms with E-state index in [-0.39, 0.29) is 16.8 Å². The minimum atomic E-state index is -0.561. The number of benzene rings is 1. The SMILES string of the molecule is CC(=O)c1ccc(OCc2nc(C(C)(C)C)cs2)cc1F. The van der Waals surface area contributed by atoms with Crippen molar-refractivity contribution >= 4 is 17.1 Å². The molecule has 112 valence electrons. The average Bonchev–Trinajstić information content (AvgIpc) is 2.84. The number of ketones is 1. The van der Waals surface area contributed by atoms with Gasteiger partial charge in [-0.1, -0.05) is 20.8 Å². The highest BCUT2D eigenvalue weighted by molar-refractivity contribution is 7.09. The predicted molar refractivity (Wildman–Crippen MR) is 81.6 cm³/mol. The van der Waals surface area contributed by atoms with E-state index in [1.807, 2.05) is 5.38 Å². The Labute approximate surface area is 127 Å². The second kappa shape index (κ2) is 5.93. The van der Waals surface area contributed by atoms with Crippen molar-refractivity contribution in [2.75, 3.05) is 0 Å². The van der Waals surface area contributed by atoms with E-state index in [1.165, 1.54) is 30.4 Å². The zero-order chi connectivity index (χ0) is 15.6. The van der Waals surface area contributed by atoms with E-state index < -0.39 is 5.82 Å². The zero-order valence-corrected chi connectivity index (χ0v) is 13.4. The van der Waals surface area contributed by atoms with Crippen LogP contribution in [0.3, 0.4) is 0 Å². The monoisotopic (exact) mass is 307 g/mol. The maximum Gasteiger partial charge on any atom is 0.162 e. The van der Waals surface area contributed by atoms with E-state index in [2.05, 4.69) is 25.8 Å². The molecule has 0 saturated carbocycles. The number of halogens is 1. The van der Waals surface area contributed by atoms with Crippen LogP contribution in [0.5, 0.6) is 5.75 Å². The van der Waals surface area contributed by atoms with Crippen molar-refractivity contribution in [2.24, 2.45) is 0 Å². The lowest BCUT2D eigenvalue weighted by atomic mass is 9.93.